The van der Waals surface area contributed by atoms with Crippen LogP contribution in [0.4, 0.5) is 34.6 Å². The summed E-state index contributed by atoms with van der Waals surface area (Å²) in [5.41, 5.74) is 18.2. The van der Waals surface area contributed by atoms with Crippen molar-refractivity contribution in [3.05, 3.63) is 172 Å². The van der Waals surface area contributed by atoms with Crippen LogP contribution in [0.5, 0.6) is 0 Å². The molecule has 10 nitrogen and oxygen atoms in total. The second-order valence-electron chi connectivity index (χ2n) is 16.1. The molecule has 3 N–H and O–H groups in total. The van der Waals surface area contributed by atoms with E-state index in [-0.39, 0.29) is 26.8 Å². The summed E-state index contributed by atoms with van der Waals surface area (Å²) in [5.74, 6) is -2.76. The van der Waals surface area contributed by atoms with E-state index < -0.39 is 23.3 Å². The Morgan fingerprint density at radius 2 is 1.13 bits per heavy atom. The van der Waals surface area contributed by atoms with Crippen molar-refractivity contribution in [1.82, 2.24) is 29.9 Å². The van der Waals surface area contributed by atoms with Crippen LogP contribution in [0.1, 0.15) is 46.2 Å². The van der Waals surface area contributed by atoms with Gasteiger partial charge in [-0.05, 0) is 116 Å². The molecule has 0 radical (unpaired) electrons. The normalized spacial score (nSPS) is 13.5. The highest BCUT2D eigenvalue weighted by molar-refractivity contribution is 6.36. The van der Waals surface area contributed by atoms with Crippen molar-refractivity contribution in [2.75, 3.05) is 37.5 Å². The number of fused-ring (bicyclic) bond motifs is 2. The number of nitrogens with one attached hydrogen (secondary N) is 1. The van der Waals surface area contributed by atoms with Crippen molar-refractivity contribution < 1.29 is 27.0 Å². The van der Waals surface area contributed by atoms with Crippen LogP contribution in [0.2, 0.25) is 5.02 Å². The third-order valence-electron chi connectivity index (χ3n) is 11.2. The number of benzene rings is 2. The third-order valence-corrected chi connectivity index (χ3v) is 11.6. The zero-order chi connectivity index (χ0) is 47.2. The topological polar surface area (TPSA) is 134 Å². The second-order valence-corrected chi connectivity index (χ2v) is 16.4. The molecule has 0 aliphatic carbocycles. The molecule has 0 spiro atoms. The van der Waals surface area contributed by atoms with E-state index in [4.69, 9.17) is 26.8 Å². The average Bonchev–Trinajstić information content (AvgIpc) is 3.32. The van der Waals surface area contributed by atoms with Crippen LogP contribution in [0.25, 0.3) is 55.7 Å². The number of rotatable bonds is 6. The van der Waals surface area contributed by atoms with Crippen molar-refractivity contribution in [1.29, 1.82) is 0 Å². The highest BCUT2D eigenvalue weighted by atomic mass is 35.5. The summed E-state index contributed by atoms with van der Waals surface area (Å²) in [4.78, 5) is 26.0. The summed E-state index contributed by atoms with van der Waals surface area (Å²) in [6, 6.07) is 15.5. The number of anilines is 3. The quantitative estimate of drug-likeness (QED) is 0.155. The number of hydrogen-bond acceptors (Lipinski definition) is 10. The number of halogens is 5. The van der Waals surface area contributed by atoms with E-state index in [1.165, 1.54) is 17.7 Å². The molecule has 8 heterocycles. The molecule has 15 heteroatoms. The number of hydrogen-bond donors (Lipinski definition) is 2. The highest BCUT2D eigenvalue weighted by Crippen LogP contribution is 2.38. The molecule has 8 aromatic rings. The van der Waals surface area contributed by atoms with Gasteiger partial charge in [-0.15, -0.1) is 0 Å². The number of nitrogens with zero attached hydrogens (tertiary/aromatic N) is 6. The van der Waals surface area contributed by atoms with E-state index >= 15 is 0 Å². The molecule has 0 atom stereocenters. The first kappa shape index (κ1) is 46.4. The first-order chi connectivity index (χ1) is 32.3. The fourth-order valence-electron chi connectivity index (χ4n) is 7.79. The van der Waals surface area contributed by atoms with E-state index in [9.17, 15) is 17.6 Å². The van der Waals surface area contributed by atoms with Crippen LogP contribution < -0.4 is 11.1 Å². The van der Waals surface area contributed by atoms with Gasteiger partial charge in [0.2, 0.25) is 0 Å². The zero-order valence-electron chi connectivity index (χ0n) is 37.1. The van der Waals surface area contributed by atoms with Gasteiger partial charge in [-0.3, -0.25) is 19.9 Å². The fraction of sp³-hybridized carbons (Fsp3) is 0.192. The standard InChI is InChI=1S/C26H22F2N4O.C16H11ClF2N2.C10H12N2O/c1-15-3-6-30-23(9-15)25-16(2)26(24-21(28)11-19(27)12-22(24)32-25)31-20-10-18(13-29-14-20)17-4-7-33-8-5-17;1-8-3-4-20-13(5-8)16-9(2)15(17)14-11(19)6-10(18)7-12(14)21-16;11-10-5-9(6-12-7-10)8-1-3-13-4-2-8/h3-4,6,9-14H,5,7-8H2,1-2H3,(H,31,32);3-7H,1-2H3;1,5-7H,2-4,11H2. The molecule has 340 valence electrons. The van der Waals surface area contributed by atoms with Crippen LogP contribution in [0.3, 0.4) is 0 Å². The largest absolute Gasteiger partial charge is 0.397 e. The molecule has 2 aliphatic heterocycles. The lowest BCUT2D eigenvalue weighted by molar-refractivity contribution is 0.161. The van der Waals surface area contributed by atoms with Crippen LogP contribution in [0, 0.1) is 51.0 Å². The van der Waals surface area contributed by atoms with Gasteiger partial charge in [-0.25, -0.2) is 27.5 Å². The number of nitrogen functional groups attached to an aromatic ring is 1. The Bertz CT molecular complexity index is 3220. The molecule has 10 rings (SSSR count). The van der Waals surface area contributed by atoms with Gasteiger partial charge in [0.1, 0.15) is 23.3 Å². The minimum absolute atomic E-state index is 0.131. The first-order valence-corrected chi connectivity index (χ1v) is 21.8. The molecule has 0 saturated heterocycles. The van der Waals surface area contributed by atoms with E-state index in [0.29, 0.717) is 70.8 Å². The van der Waals surface area contributed by atoms with Gasteiger partial charge >= 0.3 is 0 Å². The molecule has 2 aromatic carbocycles. The van der Waals surface area contributed by atoms with Crippen molar-refractivity contribution in [2.45, 2.75) is 40.5 Å². The van der Waals surface area contributed by atoms with Gasteiger partial charge in [0.05, 0.1) is 99.3 Å². The second kappa shape index (κ2) is 20.6. The van der Waals surface area contributed by atoms with Crippen molar-refractivity contribution in [2.24, 2.45) is 0 Å². The average molecular weight is 925 g/mol. The summed E-state index contributed by atoms with van der Waals surface area (Å²) in [7, 11) is 0. The number of pyridine rings is 6. The predicted octanol–water partition coefficient (Wildman–Crippen LogP) is 12.4. The van der Waals surface area contributed by atoms with Crippen LogP contribution in [0.15, 0.2) is 110 Å². The molecular weight excluding hydrogens is 880 g/mol. The van der Waals surface area contributed by atoms with Gasteiger partial charge in [-0.2, -0.15) is 0 Å². The number of aryl methyl sites for hydroxylation is 2. The molecule has 0 fully saturated rings. The summed E-state index contributed by atoms with van der Waals surface area (Å²) >= 11 is 6.25. The van der Waals surface area contributed by atoms with Gasteiger partial charge in [-0.1, -0.05) is 23.8 Å². The van der Waals surface area contributed by atoms with E-state index in [2.05, 4.69) is 41.3 Å². The first-order valence-electron chi connectivity index (χ1n) is 21.4. The number of ether oxygens (including phenoxy) is 2. The van der Waals surface area contributed by atoms with Crippen LogP contribution in [-0.4, -0.2) is 56.3 Å². The molecular formula is C52H45ClF4N8O2. The lowest BCUT2D eigenvalue weighted by Crippen LogP contribution is -2.05. The Morgan fingerprint density at radius 1 is 0.612 bits per heavy atom. The molecule has 0 amide bonds. The molecule has 67 heavy (non-hydrogen) atoms. The highest BCUT2D eigenvalue weighted by Gasteiger charge is 2.20. The van der Waals surface area contributed by atoms with Crippen molar-refractivity contribution in [3.63, 3.8) is 0 Å². The van der Waals surface area contributed by atoms with E-state index in [1.807, 2.05) is 69.4 Å². The van der Waals surface area contributed by atoms with Crippen molar-refractivity contribution >= 4 is 61.6 Å². The number of aromatic nitrogens is 6. The summed E-state index contributed by atoms with van der Waals surface area (Å²) in [6.07, 6.45) is 16.2. The Kier molecular flexibility index (Phi) is 14.3. The minimum atomic E-state index is -0.714. The Hall–Kier alpha value is -7.13. The summed E-state index contributed by atoms with van der Waals surface area (Å²) in [6.45, 7) is 10.2. The van der Waals surface area contributed by atoms with Crippen LogP contribution >= 0.6 is 11.6 Å². The summed E-state index contributed by atoms with van der Waals surface area (Å²) < 4.78 is 67.0. The molecule has 0 bridgehead atoms. The van der Waals surface area contributed by atoms with E-state index in [0.717, 1.165) is 59.4 Å². The van der Waals surface area contributed by atoms with Gasteiger partial charge in [0.25, 0.3) is 0 Å². The minimum Gasteiger partial charge on any atom is -0.397 e. The molecule has 0 saturated carbocycles. The zero-order valence-corrected chi connectivity index (χ0v) is 37.9. The van der Waals surface area contributed by atoms with Crippen molar-refractivity contribution in [3.8, 4) is 22.8 Å². The Labute approximate surface area is 389 Å². The maximum absolute atomic E-state index is 15.0. The smallest absolute Gasteiger partial charge is 0.137 e. The fourth-order valence-corrected chi connectivity index (χ4v) is 8.07. The molecule has 2 aliphatic rings. The monoisotopic (exact) mass is 924 g/mol. The third kappa shape index (κ3) is 10.8. The predicted molar refractivity (Wildman–Crippen MR) is 257 cm³/mol. The molecule has 6 aromatic heterocycles. The van der Waals surface area contributed by atoms with E-state index in [1.54, 1.807) is 37.9 Å². The van der Waals surface area contributed by atoms with Gasteiger partial charge in [0.15, 0.2) is 0 Å². The van der Waals surface area contributed by atoms with Gasteiger partial charge < -0.3 is 20.5 Å². The lowest BCUT2D eigenvalue weighted by Gasteiger charge is -2.18. The Morgan fingerprint density at radius 3 is 1.67 bits per heavy atom. The Balaban J connectivity index is 0.000000152. The maximum Gasteiger partial charge on any atom is 0.137 e. The summed E-state index contributed by atoms with van der Waals surface area (Å²) in [5, 5.41) is 3.92. The number of nitrogens with two attached hydrogens (primary N) is 1. The molecule has 0 unspecified atom stereocenters. The van der Waals surface area contributed by atoms with Crippen LogP contribution in [-0.2, 0) is 9.47 Å². The SMILES string of the molecule is Cc1ccnc(-c2nc3cc(F)cc(F)c3c(Cl)c2C)c1.Cc1ccnc(-c2nc3cc(F)cc(F)c3c(Nc3cncc(C4=CCOCC4)c3)c2C)c1.Nc1cncc(C2=CCOCC2)c1. The van der Waals surface area contributed by atoms with Gasteiger partial charge in [0, 0.05) is 60.8 Å². The maximum atomic E-state index is 15.0. The lowest BCUT2D eigenvalue weighted by atomic mass is 10.0.